The van der Waals surface area contributed by atoms with Gasteiger partial charge in [0.15, 0.2) is 0 Å². The number of amides is 3. The van der Waals surface area contributed by atoms with Crippen LogP contribution in [0.15, 0.2) is 48.5 Å². The van der Waals surface area contributed by atoms with Crippen molar-refractivity contribution in [3.8, 4) is 0 Å². The molecule has 136 valence electrons. The molecule has 0 aromatic heterocycles. The first kappa shape index (κ1) is 18.0. The molecule has 1 atom stereocenters. The summed E-state index contributed by atoms with van der Waals surface area (Å²) in [6, 6.07) is 10.8. The van der Waals surface area contributed by atoms with Gasteiger partial charge in [-0.25, -0.2) is 13.6 Å². The predicted octanol–water partition coefficient (Wildman–Crippen LogP) is 4.10. The van der Waals surface area contributed by atoms with Crippen LogP contribution in [0.5, 0.6) is 0 Å². The van der Waals surface area contributed by atoms with Crippen LogP contribution in [-0.4, -0.2) is 16.8 Å². The average molecular weight is 358 g/mol. The maximum atomic E-state index is 13.3. The topological polar surface area (TPSA) is 49.4 Å². The second-order valence-electron chi connectivity index (χ2n) is 6.46. The first-order valence-electron chi connectivity index (χ1n) is 8.61. The minimum absolute atomic E-state index is 0.0556. The Kier molecular flexibility index (Phi) is 5.02. The number of urea groups is 1. The van der Waals surface area contributed by atoms with Crippen LogP contribution < -0.4 is 5.32 Å². The normalized spacial score (nSPS) is 19.7. The van der Waals surface area contributed by atoms with E-state index in [-0.39, 0.29) is 18.3 Å². The summed E-state index contributed by atoms with van der Waals surface area (Å²) in [5.74, 6) is -1.15. The molecular formula is C20H20F2N2O2. The quantitative estimate of drug-likeness (QED) is 0.791. The summed E-state index contributed by atoms with van der Waals surface area (Å²) in [5, 5.41) is 2.81. The fourth-order valence-corrected chi connectivity index (χ4v) is 3.23. The Bertz CT molecular complexity index is 806. The molecule has 1 aliphatic rings. The van der Waals surface area contributed by atoms with Gasteiger partial charge in [-0.3, -0.25) is 9.69 Å². The van der Waals surface area contributed by atoms with E-state index in [1.807, 2.05) is 6.92 Å². The number of hydrogen-bond donors (Lipinski definition) is 1. The Balaban J connectivity index is 1.93. The minimum Gasteiger partial charge on any atom is -0.319 e. The molecule has 1 fully saturated rings. The number of carbonyl (C=O) groups excluding carboxylic acids is 2. The predicted molar refractivity (Wildman–Crippen MR) is 93.1 cm³/mol. The highest BCUT2D eigenvalue weighted by Gasteiger charge is 2.51. The zero-order chi connectivity index (χ0) is 18.7. The maximum absolute atomic E-state index is 13.3. The van der Waals surface area contributed by atoms with Gasteiger partial charge in [-0.05, 0) is 41.8 Å². The van der Waals surface area contributed by atoms with Gasteiger partial charge in [0.05, 0.1) is 6.54 Å². The van der Waals surface area contributed by atoms with E-state index in [1.54, 1.807) is 12.1 Å². The molecule has 26 heavy (non-hydrogen) atoms. The molecule has 2 aromatic carbocycles. The molecule has 6 heteroatoms. The Morgan fingerprint density at radius 3 is 2.12 bits per heavy atom. The average Bonchev–Trinajstić information content (AvgIpc) is 2.87. The van der Waals surface area contributed by atoms with Crippen molar-refractivity contribution >= 4 is 11.9 Å². The van der Waals surface area contributed by atoms with E-state index < -0.39 is 17.4 Å². The van der Waals surface area contributed by atoms with Gasteiger partial charge in [0.25, 0.3) is 5.91 Å². The van der Waals surface area contributed by atoms with E-state index in [0.29, 0.717) is 17.5 Å². The lowest BCUT2D eigenvalue weighted by Gasteiger charge is -2.27. The Morgan fingerprint density at radius 1 is 0.962 bits per heavy atom. The number of imide groups is 1. The van der Waals surface area contributed by atoms with Gasteiger partial charge < -0.3 is 5.32 Å². The summed E-state index contributed by atoms with van der Waals surface area (Å²) in [7, 11) is 0. The van der Waals surface area contributed by atoms with Crippen molar-refractivity contribution in [3.05, 3.63) is 71.3 Å². The molecule has 0 aliphatic carbocycles. The van der Waals surface area contributed by atoms with Crippen LogP contribution >= 0.6 is 0 Å². The number of halogens is 2. The van der Waals surface area contributed by atoms with Crippen molar-refractivity contribution in [2.24, 2.45) is 0 Å². The van der Waals surface area contributed by atoms with Crippen LogP contribution in [0.4, 0.5) is 13.6 Å². The molecule has 0 spiro atoms. The molecule has 0 bridgehead atoms. The van der Waals surface area contributed by atoms with Gasteiger partial charge in [-0.1, -0.05) is 44.0 Å². The van der Waals surface area contributed by atoms with Gasteiger partial charge in [0.1, 0.15) is 17.2 Å². The fourth-order valence-electron chi connectivity index (χ4n) is 3.23. The van der Waals surface area contributed by atoms with Crippen LogP contribution in [0.3, 0.4) is 0 Å². The molecule has 2 aromatic rings. The zero-order valence-electron chi connectivity index (χ0n) is 14.5. The van der Waals surface area contributed by atoms with E-state index in [4.69, 9.17) is 0 Å². The van der Waals surface area contributed by atoms with Gasteiger partial charge in [-0.15, -0.1) is 0 Å². The molecule has 3 amide bonds. The third-order valence-electron chi connectivity index (χ3n) is 4.67. The SMILES string of the molecule is CCCCC1(c2ccc(F)cc2)NC(=O)N(Cc2ccc(F)cc2)C1=O. The summed E-state index contributed by atoms with van der Waals surface area (Å²) in [4.78, 5) is 26.8. The number of rotatable bonds is 6. The monoisotopic (exact) mass is 358 g/mol. The second-order valence-corrected chi connectivity index (χ2v) is 6.46. The van der Waals surface area contributed by atoms with Crippen molar-refractivity contribution in [2.45, 2.75) is 38.3 Å². The summed E-state index contributed by atoms with van der Waals surface area (Å²) in [6.45, 7) is 2.05. The summed E-state index contributed by atoms with van der Waals surface area (Å²) < 4.78 is 26.4. The zero-order valence-corrected chi connectivity index (χ0v) is 14.5. The highest BCUT2D eigenvalue weighted by molar-refractivity contribution is 6.07. The summed E-state index contributed by atoms with van der Waals surface area (Å²) in [5.41, 5.74) is 0.0217. The lowest BCUT2D eigenvalue weighted by atomic mass is 9.84. The third kappa shape index (κ3) is 3.31. The standard InChI is InChI=1S/C20H20F2N2O2/c1-2-3-12-20(15-6-10-17(22)11-7-15)18(25)24(19(26)23-20)13-14-4-8-16(21)9-5-14/h4-11H,2-3,12-13H2,1H3,(H,23,26). The first-order valence-corrected chi connectivity index (χ1v) is 8.61. The molecule has 1 aliphatic heterocycles. The third-order valence-corrected chi connectivity index (χ3v) is 4.67. The first-order chi connectivity index (χ1) is 12.5. The van der Waals surface area contributed by atoms with Crippen molar-refractivity contribution in [3.63, 3.8) is 0 Å². The molecule has 4 nitrogen and oxygen atoms in total. The summed E-state index contributed by atoms with van der Waals surface area (Å²) >= 11 is 0. The van der Waals surface area contributed by atoms with E-state index in [9.17, 15) is 18.4 Å². The molecule has 0 radical (unpaired) electrons. The largest absolute Gasteiger partial charge is 0.325 e. The number of hydrogen-bond acceptors (Lipinski definition) is 2. The van der Waals surface area contributed by atoms with Crippen molar-refractivity contribution in [1.29, 1.82) is 0 Å². The molecule has 0 saturated carbocycles. The van der Waals surface area contributed by atoms with Crippen molar-refractivity contribution in [2.75, 3.05) is 0 Å². The van der Waals surface area contributed by atoms with E-state index in [0.717, 1.165) is 17.7 Å². The number of carbonyl (C=O) groups is 2. The van der Waals surface area contributed by atoms with Crippen molar-refractivity contribution < 1.29 is 18.4 Å². The molecule has 1 unspecified atom stereocenters. The Hall–Kier alpha value is -2.76. The molecule has 3 rings (SSSR count). The van der Waals surface area contributed by atoms with Gasteiger partial charge in [-0.2, -0.15) is 0 Å². The van der Waals surface area contributed by atoms with Gasteiger partial charge in [0, 0.05) is 0 Å². The number of benzene rings is 2. The smallest absolute Gasteiger partial charge is 0.319 e. The van der Waals surface area contributed by atoms with Crippen LogP contribution in [0.2, 0.25) is 0 Å². The van der Waals surface area contributed by atoms with E-state index in [1.165, 1.54) is 36.4 Å². The molecule has 1 heterocycles. The van der Waals surface area contributed by atoms with Crippen molar-refractivity contribution in [1.82, 2.24) is 10.2 Å². The minimum atomic E-state index is -1.19. The highest BCUT2D eigenvalue weighted by atomic mass is 19.1. The highest BCUT2D eigenvalue weighted by Crippen LogP contribution is 2.35. The van der Waals surface area contributed by atoms with Gasteiger partial charge >= 0.3 is 6.03 Å². The van der Waals surface area contributed by atoms with Gasteiger partial charge in [0.2, 0.25) is 0 Å². The van der Waals surface area contributed by atoms with Crippen LogP contribution in [-0.2, 0) is 16.9 Å². The van der Waals surface area contributed by atoms with Crippen LogP contribution in [0.25, 0.3) is 0 Å². The summed E-state index contributed by atoms with van der Waals surface area (Å²) in [6.07, 6.45) is 2.01. The fraction of sp³-hybridized carbons (Fsp3) is 0.300. The second kappa shape index (κ2) is 7.23. The Morgan fingerprint density at radius 2 is 1.54 bits per heavy atom. The van der Waals surface area contributed by atoms with E-state index in [2.05, 4.69) is 5.32 Å². The number of nitrogens with zero attached hydrogens (tertiary/aromatic N) is 1. The van der Waals surface area contributed by atoms with E-state index >= 15 is 0 Å². The lowest BCUT2D eigenvalue weighted by Crippen LogP contribution is -2.44. The number of nitrogens with one attached hydrogen (secondary N) is 1. The Labute approximate surface area is 150 Å². The molecule has 1 N–H and O–H groups in total. The van der Waals surface area contributed by atoms with Crippen LogP contribution in [0.1, 0.15) is 37.3 Å². The maximum Gasteiger partial charge on any atom is 0.325 e. The van der Waals surface area contributed by atoms with Crippen LogP contribution in [0, 0.1) is 11.6 Å². The molecule has 1 saturated heterocycles. The lowest BCUT2D eigenvalue weighted by molar-refractivity contribution is -0.132. The number of unbranched alkanes of at least 4 members (excludes halogenated alkanes) is 1. The molecular weight excluding hydrogens is 338 g/mol.